The molecule has 0 bridgehead atoms. The highest BCUT2D eigenvalue weighted by atomic mass is 16.5. The van der Waals surface area contributed by atoms with E-state index >= 15 is 0 Å². The molecule has 2 N–H and O–H groups in total. The third-order valence-corrected chi connectivity index (χ3v) is 5.10. The summed E-state index contributed by atoms with van der Waals surface area (Å²) >= 11 is 0. The molecule has 1 amide bonds. The Bertz CT molecular complexity index is 1190. The van der Waals surface area contributed by atoms with Crippen LogP contribution in [-0.2, 0) is 17.6 Å². The molecular weight excluding hydrogens is 390 g/mol. The van der Waals surface area contributed by atoms with Crippen LogP contribution in [0.15, 0.2) is 73.1 Å². The minimum Gasteiger partial charge on any atom is -0.504 e. The Morgan fingerprint density at radius 2 is 1.90 bits per heavy atom. The monoisotopic (exact) mass is 413 g/mol. The second-order valence-corrected chi connectivity index (χ2v) is 7.26. The van der Waals surface area contributed by atoms with Gasteiger partial charge in [-0.25, -0.2) is 0 Å². The summed E-state index contributed by atoms with van der Waals surface area (Å²) in [5, 5.41) is 13.8. The molecule has 2 heterocycles. The fraction of sp³-hybridized carbons (Fsp3) is 0.160. The predicted molar refractivity (Wildman–Crippen MR) is 120 cm³/mol. The molecule has 0 saturated carbocycles. The van der Waals surface area contributed by atoms with Crippen LogP contribution < -0.4 is 10.1 Å². The maximum absolute atomic E-state index is 12.2. The van der Waals surface area contributed by atoms with Crippen LogP contribution in [0.5, 0.6) is 11.5 Å². The number of phenolic OH excluding ortho intramolecular Hbond substituents is 1. The molecule has 0 unspecified atom stereocenters. The first-order valence-corrected chi connectivity index (χ1v) is 10.1. The molecule has 0 fully saturated rings. The van der Waals surface area contributed by atoms with Crippen LogP contribution >= 0.6 is 0 Å². The number of methoxy groups -OCH3 is 1. The molecule has 0 atom stereocenters. The predicted octanol–water partition coefficient (Wildman–Crippen LogP) is 4.51. The number of benzene rings is 2. The molecule has 0 spiro atoms. The first kappa shape index (κ1) is 20.3. The largest absolute Gasteiger partial charge is 0.504 e. The molecule has 0 aliphatic rings. The third-order valence-electron chi connectivity index (χ3n) is 5.10. The van der Waals surface area contributed by atoms with Crippen molar-refractivity contribution >= 4 is 22.5 Å². The van der Waals surface area contributed by atoms with Crippen LogP contribution in [0.3, 0.4) is 0 Å². The Morgan fingerprint density at radius 1 is 1.06 bits per heavy atom. The molecule has 2 aromatic carbocycles. The molecule has 4 rings (SSSR count). The molecule has 6 nitrogen and oxygen atoms in total. The van der Waals surface area contributed by atoms with Gasteiger partial charge in [-0.1, -0.05) is 30.3 Å². The Balaban J connectivity index is 1.42. The maximum Gasteiger partial charge on any atom is 0.224 e. The lowest BCUT2D eigenvalue weighted by Crippen LogP contribution is -2.12. The molecule has 0 radical (unpaired) electrons. The highest BCUT2D eigenvalue weighted by Gasteiger charge is 2.10. The van der Waals surface area contributed by atoms with Crippen molar-refractivity contribution in [1.82, 2.24) is 9.97 Å². The van der Waals surface area contributed by atoms with E-state index in [1.54, 1.807) is 24.5 Å². The van der Waals surface area contributed by atoms with Gasteiger partial charge in [0.2, 0.25) is 5.91 Å². The lowest BCUT2D eigenvalue weighted by atomic mass is 10.0. The zero-order valence-corrected chi connectivity index (χ0v) is 17.2. The highest BCUT2D eigenvalue weighted by molar-refractivity contribution is 5.90. The topological polar surface area (TPSA) is 84.3 Å². The molecule has 0 aliphatic carbocycles. The summed E-state index contributed by atoms with van der Waals surface area (Å²) in [6.07, 6.45) is 5.10. The number of nitrogens with zero attached hydrogens (tertiary/aromatic N) is 2. The second-order valence-electron chi connectivity index (χ2n) is 7.26. The van der Waals surface area contributed by atoms with Gasteiger partial charge in [0.05, 0.1) is 24.5 Å². The molecule has 0 saturated heterocycles. The lowest BCUT2D eigenvalue weighted by Gasteiger charge is -2.10. The molecule has 31 heavy (non-hydrogen) atoms. The van der Waals surface area contributed by atoms with E-state index in [0.29, 0.717) is 36.2 Å². The van der Waals surface area contributed by atoms with Gasteiger partial charge in [-0.3, -0.25) is 14.8 Å². The number of aromatic nitrogens is 2. The van der Waals surface area contributed by atoms with Crippen molar-refractivity contribution in [3.8, 4) is 11.5 Å². The Morgan fingerprint density at radius 3 is 2.65 bits per heavy atom. The van der Waals surface area contributed by atoms with Crippen molar-refractivity contribution in [2.45, 2.75) is 19.3 Å². The van der Waals surface area contributed by atoms with Crippen molar-refractivity contribution < 1.29 is 14.6 Å². The smallest absolute Gasteiger partial charge is 0.224 e. The zero-order valence-electron chi connectivity index (χ0n) is 17.2. The van der Waals surface area contributed by atoms with Gasteiger partial charge in [0.25, 0.3) is 0 Å². The number of phenols is 1. The number of carbonyl (C=O) groups excluding carboxylic acids is 1. The molecule has 6 heteroatoms. The Labute approximate surface area is 180 Å². The lowest BCUT2D eigenvalue weighted by molar-refractivity contribution is -0.116. The van der Waals surface area contributed by atoms with Gasteiger partial charge in [-0.15, -0.1) is 0 Å². The maximum atomic E-state index is 12.2. The highest BCUT2D eigenvalue weighted by Crippen LogP contribution is 2.32. The number of nitrogens with one attached hydrogen (secondary N) is 1. The van der Waals surface area contributed by atoms with Crippen molar-refractivity contribution in [2.75, 3.05) is 12.4 Å². The van der Waals surface area contributed by atoms with Crippen molar-refractivity contribution in [2.24, 2.45) is 0 Å². The summed E-state index contributed by atoms with van der Waals surface area (Å²) < 4.78 is 5.23. The summed E-state index contributed by atoms with van der Waals surface area (Å²) in [7, 11) is 1.52. The van der Waals surface area contributed by atoms with Crippen LogP contribution in [0.4, 0.5) is 5.69 Å². The number of amides is 1. The van der Waals surface area contributed by atoms with E-state index in [9.17, 15) is 9.90 Å². The van der Waals surface area contributed by atoms with Gasteiger partial charge >= 0.3 is 0 Å². The molecule has 0 aliphatic heterocycles. The third kappa shape index (κ3) is 4.98. The van der Waals surface area contributed by atoms with Crippen molar-refractivity contribution in [3.05, 3.63) is 89.9 Å². The number of hydrogen-bond acceptors (Lipinski definition) is 5. The van der Waals surface area contributed by atoms with E-state index in [1.807, 2.05) is 48.5 Å². The molecular formula is C25H23N3O3. The average Bonchev–Trinajstić information content (AvgIpc) is 2.79. The fourth-order valence-electron chi connectivity index (χ4n) is 3.46. The van der Waals surface area contributed by atoms with Gasteiger partial charge in [0, 0.05) is 36.2 Å². The van der Waals surface area contributed by atoms with E-state index in [4.69, 9.17) is 4.74 Å². The van der Waals surface area contributed by atoms with Gasteiger partial charge in [-0.2, -0.15) is 0 Å². The standard InChI is InChI=1S/C25H23N3O3/c1-31-24-14-21-18(11-12-26-22(21)15-23(24)29)13-19-8-9-20(16-27-19)28-25(30)10-7-17-5-3-2-4-6-17/h2-6,8-9,11-12,14-16,29H,7,10,13H2,1H3,(H,28,30). The van der Waals surface area contributed by atoms with Crippen LogP contribution in [0.1, 0.15) is 23.2 Å². The molecule has 2 aromatic heterocycles. The minimum absolute atomic E-state index is 0.0366. The number of rotatable bonds is 7. The van der Waals surface area contributed by atoms with Crippen LogP contribution in [-0.4, -0.2) is 28.1 Å². The normalized spacial score (nSPS) is 10.7. The minimum atomic E-state index is -0.0366. The molecule has 156 valence electrons. The van der Waals surface area contributed by atoms with Crippen molar-refractivity contribution in [3.63, 3.8) is 0 Å². The summed E-state index contributed by atoms with van der Waals surface area (Å²) in [6, 6.07) is 19.0. The van der Waals surface area contributed by atoms with Gasteiger partial charge in [-0.05, 0) is 41.8 Å². The SMILES string of the molecule is COc1cc2c(Cc3ccc(NC(=O)CCc4ccccc4)cn3)ccnc2cc1O. The summed E-state index contributed by atoms with van der Waals surface area (Å²) in [4.78, 5) is 21.0. The van der Waals surface area contributed by atoms with E-state index in [-0.39, 0.29) is 11.7 Å². The summed E-state index contributed by atoms with van der Waals surface area (Å²) in [5.41, 5.74) is 4.39. The van der Waals surface area contributed by atoms with Gasteiger partial charge in [0.1, 0.15) is 0 Å². The number of aryl methyl sites for hydroxylation is 1. The van der Waals surface area contributed by atoms with Crippen LogP contribution in [0, 0.1) is 0 Å². The van der Waals surface area contributed by atoms with E-state index < -0.39 is 0 Å². The van der Waals surface area contributed by atoms with Gasteiger partial charge in [0.15, 0.2) is 11.5 Å². The summed E-state index contributed by atoms with van der Waals surface area (Å²) in [5.74, 6) is 0.429. The second kappa shape index (κ2) is 9.26. The van der Waals surface area contributed by atoms with E-state index in [2.05, 4.69) is 15.3 Å². The number of fused-ring (bicyclic) bond motifs is 1. The number of anilines is 1. The number of pyridine rings is 2. The molecule has 4 aromatic rings. The number of aromatic hydroxyl groups is 1. The number of carbonyl (C=O) groups is 1. The Hall–Kier alpha value is -3.93. The average molecular weight is 413 g/mol. The van der Waals surface area contributed by atoms with Crippen molar-refractivity contribution in [1.29, 1.82) is 0 Å². The van der Waals surface area contributed by atoms with Crippen LogP contribution in [0.2, 0.25) is 0 Å². The number of hydrogen-bond donors (Lipinski definition) is 2. The fourth-order valence-corrected chi connectivity index (χ4v) is 3.46. The van der Waals surface area contributed by atoms with Gasteiger partial charge < -0.3 is 15.2 Å². The van der Waals surface area contributed by atoms with Crippen LogP contribution in [0.25, 0.3) is 10.9 Å². The van der Waals surface area contributed by atoms with E-state index in [0.717, 1.165) is 22.2 Å². The summed E-state index contributed by atoms with van der Waals surface area (Å²) in [6.45, 7) is 0. The first-order chi connectivity index (χ1) is 15.1. The zero-order chi connectivity index (χ0) is 21.6. The quantitative estimate of drug-likeness (QED) is 0.466. The number of ether oxygens (including phenoxy) is 1. The Kier molecular flexibility index (Phi) is 6.08. The van der Waals surface area contributed by atoms with E-state index in [1.165, 1.54) is 7.11 Å². The first-order valence-electron chi connectivity index (χ1n) is 10.1.